The first-order valence-corrected chi connectivity index (χ1v) is 9.22. The molecule has 0 saturated heterocycles. The van der Waals surface area contributed by atoms with Crippen LogP contribution in [0.4, 0.5) is 26.4 Å². The standard InChI is InChI=1S/C22H21FN4O/c1-15-6-4-11-21(24-15)27-13-12-17-16(14-27)7-5-10-19(17)25-22(28)26-20-9-3-2-8-18(20)23/h2-11H,12-14H2,1H3,(H2,25,26,28). The van der Waals surface area contributed by atoms with Crippen LogP contribution in [0.5, 0.6) is 0 Å². The van der Waals surface area contributed by atoms with Crippen molar-refractivity contribution in [2.24, 2.45) is 0 Å². The topological polar surface area (TPSA) is 57.3 Å². The van der Waals surface area contributed by atoms with Gasteiger partial charge in [0, 0.05) is 24.5 Å². The van der Waals surface area contributed by atoms with Crippen LogP contribution in [0.2, 0.25) is 0 Å². The highest BCUT2D eigenvalue weighted by Gasteiger charge is 2.20. The molecule has 4 rings (SSSR count). The number of hydrogen-bond donors (Lipinski definition) is 2. The first kappa shape index (κ1) is 18.0. The fourth-order valence-corrected chi connectivity index (χ4v) is 3.47. The molecule has 28 heavy (non-hydrogen) atoms. The molecular formula is C22H21FN4O. The number of halogens is 1. The van der Waals surface area contributed by atoms with Gasteiger partial charge >= 0.3 is 6.03 Å². The SMILES string of the molecule is Cc1cccc(N2CCc3c(cccc3NC(=O)Nc3ccccc3F)C2)n1. The molecule has 6 heteroatoms. The summed E-state index contributed by atoms with van der Waals surface area (Å²) >= 11 is 0. The Morgan fingerprint density at radius 3 is 2.57 bits per heavy atom. The van der Waals surface area contributed by atoms with Gasteiger partial charge < -0.3 is 15.5 Å². The van der Waals surface area contributed by atoms with Crippen LogP contribution in [-0.2, 0) is 13.0 Å². The van der Waals surface area contributed by atoms with Crippen LogP contribution in [0.3, 0.4) is 0 Å². The summed E-state index contributed by atoms with van der Waals surface area (Å²) in [5.41, 5.74) is 4.15. The molecule has 142 valence electrons. The van der Waals surface area contributed by atoms with Gasteiger partial charge in [-0.2, -0.15) is 0 Å². The molecule has 2 heterocycles. The van der Waals surface area contributed by atoms with Crippen molar-refractivity contribution in [3.8, 4) is 0 Å². The van der Waals surface area contributed by atoms with Crippen molar-refractivity contribution in [2.75, 3.05) is 22.1 Å². The number of nitrogens with one attached hydrogen (secondary N) is 2. The Morgan fingerprint density at radius 1 is 1.00 bits per heavy atom. The number of urea groups is 1. The Morgan fingerprint density at radius 2 is 1.75 bits per heavy atom. The summed E-state index contributed by atoms with van der Waals surface area (Å²) in [6.45, 7) is 3.53. The molecule has 0 bridgehead atoms. The van der Waals surface area contributed by atoms with E-state index in [1.54, 1.807) is 12.1 Å². The van der Waals surface area contributed by atoms with Crippen molar-refractivity contribution in [2.45, 2.75) is 19.9 Å². The third-order valence-electron chi connectivity index (χ3n) is 4.83. The number of benzene rings is 2. The molecule has 0 fully saturated rings. The lowest BCUT2D eigenvalue weighted by Gasteiger charge is -2.31. The number of hydrogen-bond acceptors (Lipinski definition) is 3. The van der Waals surface area contributed by atoms with E-state index in [0.29, 0.717) is 0 Å². The zero-order chi connectivity index (χ0) is 19.5. The number of carbonyl (C=O) groups is 1. The molecule has 0 unspecified atom stereocenters. The predicted octanol–water partition coefficient (Wildman–Crippen LogP) is 4.74. The molecule has 0 radical (unpaired) electrons. The van der Waals surface area contributed by atoms with E-state index in [9.17, 15) is 9.18 Å². The molecule has 2 aromatic carbocycles. The third-order valence-corrected chi connectivity index (χ3v) is 4.83. The van der Waals surface area contributed by atoms with Gasteiger partial charge in [0.15, 0.2) is 0 Å². The maximum absolute atomic E-state index is 13.7. The Hall–Kier alpha value is -3.41. The van der Waals surface area contributed by atoms with Gasteiger partial charge in [0.05, 0.1) is 5.69 Å². The number of aromatic nitrogens is 1. The van der Waals surface area contributed by atoms with E-state index in [4.69, 9.17) is 0 Å². The molecule has 1 aliphatic rings. The third kappa shape index (κ3) is 3.81. The normalized spacial score (nSPS) is 13.0. The Labute approximate surface area is 163 Å². The summed E-state index contributed by atoms with van der Waals surface area (Å²) < 4.78 is 13.7. The van der Waals surface area contributed by atoms with Crippen molar-refractivity contribution in [1.82, 2.24) is 4.98 Å². The lowest BCUT2D eigenvalue weighted by atomic mass is 9.97. The number of rotatable bonds is 3. The van der Waals surface area contributed by atoms with Crippen molar-refractivity contribution in [3.05, 3.63) is 83.3 Å². The highest BCUT2D eigenvalue weighted by atomic mass is 19.1. The summed E-state index contributed by atoms with van der Waals surface area (Å²) in [7, 11) is 0. The van der Waals surface area contributed by atoms with Gasteiger partial charge in [-0.1, -0.05) is 30.3 Å². The van der Waals surface area contributed by atoms with E-state index in [1.165, 1.54) is 12.1 Å². The highest BCUT2D eigenvalue weighted by Crippen LogP contribution is 2.28. The number of pyridine rings is 1. The number of amides is 2. The van der Waals surface area contributed by atoms with Gasteiger partial charge in [-0.25, -0.2) is 14.2 Å². The van der Waals surface area contributed by atoms with Crippen LogP contribution < -0.4 is 15.5 Å². The fourth-order valence-electron chi connectivity index (χ4n) is 3.47. The highest BCUT2D eigenvalue weighted by molar-refractivity contribution is 6.00. The number of para-hydroxylation sites is 1. The molecule has 1 aliphatic heterocycles. The number of nitrogens with zero attached hydrogens (tertiary/aromatic N) is 2. The number of anilines is 3. The van der Waals surface area contributed by atoms with Crippen LogP contribution >= 0.6 is 0 Å². The maximum Gasteiger partial charge on any atom is 0.323 e. The Kier molecular flexibility index (Phi) is 4.93. The van der Waals surface area contributed by atoms with Gasteiger partial charge in [0.1, 0.15) is 11.6 Å². The van der Waals surface area contributed by atoms with Crippen LogP contribution in [0, 0.1) is 12.7 Å². The van der Waals surface area contributed by atoms with Crippen molar-refractivity contribution in [3.63, 3.8) is 0 Å². The fraction of sp³-hybridized carbons (Fsp3) is 0.182. The van der Waals surface area contributed by atoms with Crippen LogP contribution in [0.1, 0.15) is 16.8 Å². The van der Waals surface area contributed by atoms with E-state index in [-0.39, 0.29) is 5.69 Å². The Balaban J connectivity index is 1.50. The second-order valence-corrected chi connectivity index (χ2v) is 6.81. The molecular weight excluding hydrogens is 355 g/mol. The summed E-state index contributed by atoms with van der Waals surface area (Å²) in [5, 5.41) is 5.42. The van der Waals surface area contributed by atoms with Crippen molar-refractivity contribution >= 4 is 23.2 Å². The lowest BCUT2D eigenvalue weighted by Crippen LogP contribution is -2.32. The van der Waals surface area contributed by atoms with Crippen LogP contribution in [0.15, 0.2) is 60.7 Å². The minimum absolute atomic E-state index is 0.154. The minimum Gasteiger partial charge on any atom is -0.352 e. The van der Waals surface area contributed by atoms with E-state index in [2.05, 4.69) is 26.6 Å². The van der Waals surface area contributed by atoms with Gasteiger partial charge in [-0.3, -0.25) is 0 Å². The zero-order valence-corrected chi connectivity index (χ0v) is 15.6. The molecule has 5 nitrogen and oxygen atoms in total. The zero-order valence-electron chi connectivity index (χ0n) is 15.6. The average Bonchev–Trinajstić information content (AvgIpc) is 2.69. The predicted molar refractivity (Wildman–Crippen MR) is 109 cm³/mol. The average molecular weight is 376 g/mol. The summed E-state index contributed by atoms with van der Waals surface area (Å²) in [5.74, 6) is 0.496. The summed E-state index contributed by atoms with van der Waals surface area (Å²) in [4.78, 5) is 19.2. The largest absolute Gasteiger partial charge is 0.352 e. The van der Waals surface area contributed by atoms with Crippen molar-refractivity contribution < 1.29 is 9.18 Å². The molecule has 0 atom stereocenters. The quantitative estimate of drug-likeness (QED) is 0.694. The van der Waals surface area contributed by atoms with Crippen LogP contribution in [-0.4, -0.2) is 17.6 Å². The first-order chi connectivity index (χ1) is 13.6. The minimum atomic E-state index is -0.464. The Bertz CT molecular complexity index is 1020. The monoisotopic (exact) mass is 376 g/mol. The van der Waals surface area contributed by atoms with Gasteiger partial charge in [-0.15, -0.1) is 0 Å². The second-order valence-electron chi connectivity index (χ2n) is 6.81. The van der Waals surface area contributed by atoms with Gasteiger partial charge in [0.2, 0.25) is 0 Å². The lowest BCUT2D eigenvalue weighted by molar-refractivity contribution is 0.262. The van der Waals surface area contributed by atoms with E-state index >= 15 is 0 Å². The van der Waals surface area contributed by atoms with Crippen LogP contribution in [0.25, 0.3) is 0 Å². The van der Waals surface area contributed by atoms with E-state index < -0.39 is 11.8 Å². The first-order valence-electron chi connectivity index (χ1n) is 9.22. The maximum atomic E-state index is 13.7. The van der Waals surface area contributed by atoms with Gasteiger partial charge in [-0.05, 0) is 54.8 Å². The molecule has 2 N–H and O–H groups in total. The van der Waals surface area contributed by atoms with E-state index in [0.717, 1.165) is 47.8 Å². The molecule has 2 amide bonds. The van der Waals surface area contributed by atoms with Crippen molar-refractivity contribution in [1.29, 1.82) is 0 Å². The number of aryl methyl sites for hydroxylation is 1. The summed E-state index contributed by atoms with van der Waals surface area (Å²) in [6, 6.07) is 17.5. The van der Waals surface area contributed by atoms with E-state index in [1.807, 2.05) is 37.3 Å². The smallest absolute Gasteiger partial charge is 0.323 e. The summed E-state index contributed by atoms with van der Waals surface area (Å²) in [6.07, 6.45) is 0.793. The molecule has 1 aromatic heterocycles. The molecule has 0 spiro atoms. The second kappa shape index (κ2) is 7.68. The molecule has 0 saturated carbocycles. The number of carbonyl (C=O) groups excluding carboxylic acids is 1. The molecule has 3 aromatic rings. The number of fused-ring (bicyclic) bond motifs is 1. The van der Waals surface area contributed by atoms with Gasteiger partial charge in [0.25, 0.3) is 0 Å². The molecule has 0 aliphatic carbocycles.